The molecule has 3 rings (SSSR count). The molecule has 1 atom stereocenters. The van der Waals surface area contributed by atoms with Gasteiger partial charge in [0.15, 0.2) is 0 Å². The van der Waals surface area contributed by atoms with Gasteiger partial charge in [-0.25, -0.2) is 0 Å². The Hall–Kier alpha value is -1.84. The van der Waals surface area contributed by atoms with E-state index in [1.54, 1.807) is 7.11 Å². The highest BCUT2D eigenvalue weighted by Crippen LogP contribution is 2.30. The highest BCUT2D eigenvalue weighted by atomic mass is 16.5. The molecular formula is C19H23NO2. The van der Waals surface area contributed by atoms with Gasteiger partial charge in [-0.05, 0) is 49.2 Å². The van der Waals surface area contributed by atoms with Gasteiger partial charge >= 0.3 is 0 Å². The Morgan fingerprint density at radius 2 is 1.55 bits per heavy atom. The number of benzene rings is 2. The maximum absolute atomic E-state index is 6.46. The van der Waals surface area contributed by atoms with Crippen LogP contribution in [0.1, 0.15) is 30.1 Å². The summed E-state index contributed by atoms with van der Waals surface area (Å²) in [6.45, 7) is 2.07. The monoisotopic (exact) mass is 297 g/mol. The summed E-state index contributed by atoms with van der Waals surface area (Å²) in [7, 11) is 1.69. The third-order valence-electron chi connectivity index (χ3n) is 4.14. The average Bonchev–Trinajstić information content (AvgIpc) is 2.61. The second-order valence-electron chi connectivity index (χ2n) is 5.65. The van der Waals surface area contributed by atoms with Crippen LogP contribution in [0.4, 0.5) is 0 Å². The first-order valence-electron chi connectivity index (χ1n) is 7.92. The summed E-state index contributed by atoms with van der Waals surface area (Å²) in [5.74, 6) is 0.873. The minimum atomic E-state index is -0.0183. The first-order chi connectivity index (χ1) is 10.9. The number of hydrogen-bond donors (Lipinski definition) is 1. The Balaban J connectivity index is 1.84. The van der Waals surface area contributed by atoms with Gasteiger partial charge in [-0.3, -0.25) is 0 Å². The summed E-state index contributed by atoms with van der Waals surface area (Å²) in [6, 6.07) is 18.6. The van der Waals surface area contributed by atoms with Crippen molar-refractivity contribution in [1.29, 1.82) is 0 Å². The minimum absolute atomic E-state index is 0.0183. The molecule has 1 saturated heterocycles. The summed E-state index contributed by atoms with van der Waals surface area (Å²) in [5, 5.41) is 3.39. The van der Waals surface area contributed by atoms with Crippen molar-refractivity contribution in [3.8, 4) is 5.75 Å². The fourth-order valence-corrected chi connectivity index (χ4v) is 2.88. The summed E-state index contributed by atoms with van der Waals surface area (Å²) >= 11 is 0. The van der Waals surface area contributed by atoms with Crippen LogP contribution in [-0.2, 0) is 4.74 Å². The van der Waals surface area contributed by atoms with E-state index in [1.807, 2.05) is 18.2 Å². The van der Waals surface area contributed by atoms with Crippen LogP contribution >= 0.6 is 0 Å². The van der Waals surface area contributed by atoms with E-state index in [0.29, 0.717) is 6.10 Å². The van der Waals surface area contributed by atoms with Crippen molar-refractivity contribution < 1.29 is 9.47 Å². The van der Waals surface area contributed by atoms with Gasteiger partial charge < -0.3 is 14.8 Å². The van der Waals surface area contributed by atoms with Gasteiger partial charge in [-0.1, -0.05) is 42.5 Å². The van der Waals surface area contributed by atoms with E-state index in [1.165, 1.54) is 11.1 Å². The average molecular weight is 297 g/mol. The first-order valence-corrected chi connectivity index (χ1v) is 7.92. The third-order valence-corrected chi connectivity index (χ3v) is 4.14. The molecule has 0 spiro atoms. The van der Waals surface area contributed by atoms with Gasteiger partial charge in [0.25, 0.3) is 0 Å². The molecule has 1 heterocycles. The van der Waals surface area contributed by atoms with Gasteiger partial charge in [0.1, 0.15) is 11.9 Å². The number of rotatable bonds is 5. The highest BCUT2D eigenvalue weighted by Gasteiger charge is 2.21. The second-order valence-corrected chi connectivity index (χ2v) is 5.65. The molecule has 1 N–H and O–H groups in total. The van der Waals surface area contributed by atoms with Gasteiger partial charge in [0.05, 0.1) is 13.2 Å². The summed E-state index contributed by atoms with van der Waals surface area (Å²) in [5.41, 5.74) is 2.37. The zero-order chi connectivity index (χ0) is 15.2. The van der Waals surface area contributed by atoms with Crippen LogP contribution in [0.3, 0.4) is 0 Å². The van der Waals surface area contributed by atoms with E-state index in [2.05, 4.69) is 41.7 Å². The zero-order valence-electron chi connectivity index (χ0n) is 13.0. The fraction of sp³-hybridized carbons (Fsp3) is 0.368. The molecule has 116 valence electrons. The predicted molar refractivity (Wildman–Crippen MR) is 88.3 cm³/mol. The molecule has 0 bridgehead atoms. The minimum Gasteiger partial charge on any atom is -0.497 e. The Morgan fingerprint density at radius 1 is 0.909 bits per heavy atom. The second kappa shape index (κ2) is 7.43. The fourth-order valence-electron chi connectivity index (χ4n) is 2.88. The maximum atomic E-state index is 6.46. The van der Waals surface area contributed by atoms with Gasteiger partial charge in [-0.2, -0.15) is 0 Å². The molecular weight excluding hydrogens is 274 g/mol. The van der Waals surface area contributed by atoms with Crippen molar-refractivity contribution in [1.82, 2.24) is 5.32 Å². The number of methoxy groups -OCH3 is 1. The highest BCUT2D eigenvalue weighted by molar-refractivity contribution is 5.34. The van der Waals surface area contributed by atoms with Crippen molar-refractivity contribution in [2.45, 2.75) is 25.0 Å². The van der Waals surface area contributed by atoms with Crippen molar-refractivity contribution in [3.05, 3.63) is 65.7 Å². The molecule has 1 aliphatic rings. The van der Waals surface area contributed by atoms with Crippen LogP contribution in [0.5, 0.6) is 5.75 Å². The van der Waals surface area contributed by atoms with Crippen molar-refractivity contribution >= 4 is 0 Å². The number of ether oxygens (including phenoxy) is 2. The van der Waals surface area contributed by atoms with Gasteiger partial charge in [0, 0.05) is 0 Å². The quantitative estimate of drug-likeness (QED) is 0.915. The molecule has 0 radical (unpaired) electrons. The largest absolute Gasteiger partial charge is 0.497 e. The molecule has 2 aromatic rings. The van der Waals surface area contributed by atoms with Gasteiger partial charge in [-0.15, -0.1) is 0 Å². The van der Waals surface area contributed by atoms with Crippen LogP contribution in [0, 0.1) is 0 Å². The molecule has 0 saturated carbocycles. The smallest absolute Gasteiger partial charge is 0.118 e. The lowest BCUT2D eigenvalue weighted by Gasteiger charge is -2.28. The first kappa shape index (κ1) is 15.1. The van der Waals surface area contributed by atoms with Crippen molar-refractivity contribution in [2.75, 3.05) is 20.2 Å². The molecule has 0 aliphatic carbocycles. The molecule has 0 amide bonds. The van der Waals surface area contributed by atoms with Crippen LogP contribution in [0.15, 0.2) is 54.6 Å². The molecule has 0 aromatic heterocycles. The molecule has 1 aliphatic heterocycles. The molecule has 1 fully saturated rings. The maximum Gasteiger partial charge on any atom is 0.118 e. The molecule has 0 unspecified atom stereocenters. The van der Waals surface area contributed by atoms with E-state index >= 15 is 0 Å². The van der Waals surface area contributed by atoms with Crippen LogP contribution < -0.4 is 10.1 Å². The number of nitrogens with one attached hydrogen (secondary N) is 1. The summed E-state index contributed by atoms with van der Waals surface area (Å²) < 4.78 is 11.7. The van der Waals surface area contributed by atoms with E-state index in [-0.39, 0.29) is 6.10 Å². The van der Waals surface area contributed by atoms with Crippen LogP contribution in [0.25, 0.3) is 0 Å². The Morgan fingerprint density at radius 3 is 2.18 bits per heavy atom. The van der Waals surface area contributed by atoms with Crippen LogP contribution in [0.2, 0.25) is 0 Å². The lowest BCUT2D eigenvalue weighted by molar-refractivity contribution is -0.00806. The van der Waals surface area contributed by atoms with Crippen molar-refractivity contribution in [3.63, 3.8) is 0 Å². The summed E-state index contributed by atoms with van der Waals surface area (Å²) in [4.78, 5) is 0. The van der Waals surface area contributed by atoms with Crippen molar-refractivity contribution in [2.24, 2.45) is 0 Å². The number of hydrogen-bond acceptors (Lipinski definition) is 3. The zero-order valence-corrected chi connectivity index (χ0v) is 13.0. The normalized spacial score (nSPS) is 17.1. The standard InChI is InChI=1S/C19H23NO2/c1-21-17-9-7-16(8-10-17)19(15-5-3-2-4-6-15)22-18-11-13-20-14-12-18/h2-10,18-20H,11-14H2,1H3/t19-/m0/s1. The Kier molecular flexibility index (Phi) is 5.09. The molecule has 22 heavy (non-hydrogen) atoms. The summed E-state index contributed by atoms with van der Waals surface area (Å²) in [6.07, 6.45) is 2.43. The SMILES string of the molecule is COc1ccc([C@@H](OC2CCNCC2)c2ccccc2)cc1. The van der Waals surface area contributed by atoms with E-state index < -0.39 is 0 Å². The topological polar surface area (TPSA) is 30.5 Å². The number of piperidine rings is 1. The predicted octanol–water partition coefficient (Wildman–Crippen LogP) is 3.55. The Labute approximate surface area is 132 Å². The Bertz CT molecular complexity index is 562. The van der Waals surface area contributed by atoms with Crippen LogP contribution in [-0.4, -0.2) is 26.3 Å². The lowest BCUT2D eigenvalue weighted by atomic mass is 10.00. The molecule has 3 nitrogen and oxygen atoms in total. The van der Waals surface area contributed by atoms with E-state index in [4.69, 9.17) is 9.47 Å². The van der Waals surface area contributed by atoms with E-state index in [0.717, 1.165) is 31.7 Å². The third kappa shape index (κ3) is 3.67. The molecule has 2 aromatic carbocycles. The van der Waals surface area contributed by atoms with E-state index in [9.17, 15) is 0 Å². The van der Waals surface area contributed by atoms with Gasteiger partial charge in [0.2, 0.25) is 0 Å². The molecule has 3 heteroatoms. The lowest BCUT2D eigenvalue weighted by Crippen LogP contribution is -2.33.